The zero-order valence-corrected chi connectivity index (χ0v) is 15.9. The number of benzene rings is 1. The summed E-state index contributed by atoms with van der Waals surface area (Å²) in [4.78, 5) is 23.7. The largest absolute Gasteiger partial charge is 0.484 e. The molecule has 0 bridgehead atoms. The molecule has 144 valence electrons. The summed E-state index contributed by atoms with van der Waals surface area (Å²) < 4.78 is 5.49. The highest BCUT2D eigenvalue weighted by Gasteiger charge is 2.23. The quantitative estimate of drug-likeness (QED) is 0.644. The average Bonchev–Trinajstić information content (AvgIpc) is 3.26. The molecule has 2 atom stereocenters. The third-order valence-corrected chi connectivity index (χ3v) is 4.66. The van der Waals surface area contributed by atoms with E-state index in [0.717, 1.165) is 37.8 Å². The second-order valence-corrected chi connectivity index (χ2v) is 6.99. The maximum atomic E-state index is 12.1. The van der Waals surface area contributed by atoms with Crippen molar-refractivity contribution >= 4 is 24.2 Å². The van der Waals surface area contributed by atoms with Crippen LogP contribution in [0.15, 0.2) is 24.3 Å². The van der Waals surface area contributed by atoms with E-state index in [1.165, 1.54) is 0 Å². The van der Waals surface area contributed by atoms with Crippen molar-refractivity contribution in [2.75, 3.05) is 13.2 Å². The molecular weight excluding hydrogens is 354 g/mol. The normalized spacial score (nSPS) is 20.0. The lowest BCUT2D eigenvalue weighted by Crippen LogP contribution is -2.33. The van der Waals surface area contributed by atoms with E-state index in [-0.39, 0.29) is 36.9 Å². The fraction of sp³-hybridized carbons (Fsp3) is 0.579. The van der Waals surface area contributed by atoms with Gasteiger partial charge in [-0.3, -0.25) is 9.59 Å². The molecule has 2 unspecified atom stereocenters. The van der Waals surface area contributed by atoms with Gasteiger partial charge in [0.25, 0.3) is 5.91 Å². The van der Waals surface area contributed by atoms with Crippen LogP contribution in [0.25, 0.3) is 0 Å². The molecule has 1 saturated carbocycles. The standard InChI is InChI=1S/C19H27N3O3.ClH/c1-13(21-18(23)11-16-3-2-10-20-16)14-4-8-17(9-5-14)25-12-19(24)22-15-6-7-15;/h4-5,8-9,13,15-16,20H,2-3,6-7,10-12H2,1H3,(H,21,23)(H,22,24);1H. The van der Waals surface area contributed by atoms with Crippen LogP contribution in [0.5, 0.6) is 5.75 Å². The Morgan fingerprint density at radius 2 is 1.92 bits per heavy atom. The predicted molar refractivity (Wildman–Crippen MR) is 103 cm³/mol. The lowest BCUT2D eigenvalue weighted by Gasteiger charge is -2.17. The van der Waals surface area contributed by atoms with E-state index in [1.54, 1.807) is 0 Å². The van der Waals surface area contributed by atoms with Gasteiger partial charge in [0.2, 0.25) is 5.91 Å². The lowest BCUT2D eigenvalue weighted by molar-refractivity contribution is -0.123. The van der Waals surface area contributed by atoms with E-state index in [0.29, 0.717) is 24.3 Å². The molecule has 1 aliphatic carbocycles. The van der Waals surface area contributed by atoms with E-state index in [4.69, 9.17) is 4.74 Å². The summed E-state index contributed by atoms with van der Waals surface area (Å²) >= 11 is 0. The summed E-state index contributed by atoms with van der Waals surface area (Å²) in [6, 6.07) is 8.12. The first-order chi connectivity index (χ1) is 12.1. The van der Waals surface area contributed by atoms with Crippen molar-refractivity contribution in [1.29, 1.82) is 0 Å². The number of carbonyl (C=O) groups is 2. The molecule has 1 saturated heterocycles. The van der Waals surface area contributed by atoms with E-state index >= 15 is 0 Å². The van der Waals surface area contributed by atoms with E-state index in [2.05, 4.69) is 16.0 Å². The molecule has 0 aromatic heterocycles. The van der Waals surface area contributed by atoms with Gasteiger partial charge < -0.3 is 20.7 Å². The van der Waals surface area contributed by atoms with Gasteiger partial charge >= 0.3 is 0 Å². The highest BCUT2D eigenvalue weighted by molar-refractivity contribution is 5.85. The summed E-state index contributed by atoms with van der Waals surface area (Å²) in [6.45, 7) is 3.02. The van der Waals surface area contributed by atoms with Gasteiger partial charge in [0.05, 0.1) is 6.04 Å². The minimum Gasteiger partial charge on any atom is -0.484 e. The fourth-order valence-electron chi connectivity index (χ4n) is 3.04. The topological polar surface area (TPSA) is 79.5 Å². The van der Waals surface area contributed by atoms with Gasteiger partial charge in [-0.15, -0.1) is 12.4 Å². The van der Waals surface area contributed by atoms with Crippen LogP contribution >= 0.6 is 12.4 Å². The molecule has 1 aromatic carbocycles. The van der Waals surface area contributed by atoms with Crippen LogP contribution < -0.4 is 20.7 Å². The molecule has 26 heavy (non-hydrogen) atoms. The summed E-state index contributed by atoms with van der Waals surface area (Å²) in [7, 11) is 0. The summed E-state index contributed by atoms with van der Waals surface area (Å²) in [5.74, 6) is 0.653. The lowest BCUT2D eigenvalue weighted by atomic mass is 10.1. The van der Waals surface area contributed by atoms with Gasteiger partial charge in [-0.2, -0.15) is 0 Å². The Bertz CT molecular complexity index is 599. The molecule has 3 N–H and O–H groups in total. The number of amides is 2. The van der Waals surface area contributed by atoms with E-state index in [1.807, 2.05) is 31.2 Å². The Morgan fingerprint density at radius 1 is 1.19 bits per heavy atom. The number of carbonyl (C=O) groups excluding carboxylic acids is 2. The van der Waals surface area contributed by atoms with Gasteiger partial charge in [-0.1, -0.05) is 12.1 Å². The van der Waals surface area contributed by atoms with E-state index < -0.39 is 0 Å². The summed E-state index contributed by atoms with van der Waals surface area (Å²) in [6.07, 6.45) is 4.89. The number of halogens is 1. The van der Waals surface area contributed by atoms with Gasteiger partial charge in [0.1, 0.15) is 5.75 Å². The fourth-order valence-corrected chi connectivity index (χ4v) is 3.04. The molecule has 2 fully saturated rings. The highest BCUT2D eigenvalue weighted by Crippen LogP contribution is 2.20. The van der Waals surface area contributed by atoms with Crippen molar-refractivity contribution in [1.82, 2.24) is 16.0 Å². The van der Waals surface area contributed by atoms with Crippen LogP contribution in [-0.2, 0) is 9.59 Å². The number of hydrogen-bond acceptors (Lipinski definition) is 4. The summed E-state index contributed by atoms with van der Waals surface area (Å²) in [5.41, 5.74) is 1.02. The minimum absolute atomic E-state index is 0. The maximum absolute atomic E-state index is 12.1. The SMILES string of the molecule is CC(NC(=O)CC1CCCN1)c1ccc(OCC(=O)NC2CC2)cc1.Cl. The van der Waals surface area contributed by atoms with Crippen LogP contribution in [0.2, 0.25) is 0 Å². The van der Waals surface area contributed by atoms with Crippen molar-refractivity contribution < 1.29 is 14.3 Å². The van der Waals surface area contributed by atoms with E-state index in [9.17, 15) is 9.59 Å². The minimum atomic E-state index is -0.0762. The molecule has 1 aromatic rings. The Hall–Kier alpha value is -1.79. The second kappa shape index (κ2) is 9.78. The van der Waals surface area contributed by atoms with Gasteiger partial charge in [-0.25, -0.2) is 0 Å². The van der Waals surface area contributed by atoms with Crippen molar-refractivity contribution in [2.24, 2.45) is 0 Å². The zero-order chi connectivity index (χ0) is 17.6. The number of ether oxygens (including phenoxy) is 1. The molecule has 3 rings (SSSR count). The highest BCUT2D eigenvalue weighted by atomic mass is 35.5. The summed E-state index contributed by atoms with van der Waals surface area (Å²) in [5, 5.41) is 9.26. The Morgan fingerprint density at radius 3 is 2.54 bits per heavy atom. The second-order valence-electron chi connectivity index (χ2n) is 6.99. The van der Waals surface area contributed by atoms with Crippen molar-refractivity contribution in [2.45, 2.75) is 57.2 Å². The molecule has 6 nitrogen and oxygen atoms in total. The first-order valence-electron chi connectivity index (χ1n) is 9.15. The third kappa shape index (κ3) is 6.50. The van der Waals surface area contributed by atoms with Crippen molar-refractivity contribution in [3.05, 3.63) is 29.8 Å². The predicted octanol–water partition coefficient (Wildman–Crippen LogP) is 2.09. The van der Waals surface area contributed by atoms with Crippen LogP contribution in [0.3, 0.4) is 0 Å². The third-order valence-electron chi connectivity index (χ3n) is 4.66. The maximum Gasteiger partial charge on any atom is 0.258 e. The number of nitrogens with one attached hydrogen (secondary N) is 3. The van der Waals surface area contributed by atoms with Crippen LogP contribution in [0.4, 0.5) is 0 Å². The zero-order valence-electron chi connectivity index (χ0n) is 15.1. The van der Waals surface area contributed by atoms with Crippen LogP contribution in [0, 0.1) is 0 Å². The monoisotopic (exact) mass is 381 g/mol. The molecular formula is C19H28ClN3O3. The van der Waals surface area contributed by atoms with Crippen LogP contribution in [0.1, 0.15) is 50.6 Å². The molecule has 2 amide bonds. The molecule has 2 aliphatic rings. The first kappa shape index (κ1) is 20.5. The van der Waals surface area contributed by atoms with Crippen molar-refractivity contribution in [3.8, 4) is 5.75 Å². The van der Waals surface area contributed by atoms with Crippen LogP contribution in [-0.4, -0.2) is 37.0 Å². The Labute approximate surface area is 160 Å². The van der Waals surface area contributed by atoms with Gasteiger partial charge in [-0.05, 0) is 56.8 Å². The van der Waals surface area contributed by atoms with Crippen molar-refractivity contribution in [3.63, 3.8) is 0 Å². The molecule has 1 heterocycles. The first-order valence-corrected chi connectivity index (χ1v) is 9.15. The molecule has 0 radical (unpaired) electrons. The Balaban J connectivity index is 0.00000243. The number of hydrogen-bond donors (Lipinski definition) is 3. The number of rotatable bonds is 8. The Kier molecular flexibility index (Phi) is 7.72. The molecule has 0 spiro atoms. The molecule has 7 heteroatoms. The molecule has 1 aliphatic heterocycles. The average molecular weight is 382 g/mol. The smallest absolute Gasteiger partial charge is 0.258 e. The van der Waals surface area contributed by atoms with Gasteiger partial charge in [0, 0.05) is 18.5 Å². The van der Waals surface area contributed by atoms with Gasteiger partial charge in [0.15, 0.2) is 6.61 Å².